The van der Waals surface area contributed by atoms with Crippen LogP contribution >= 0.6 is 0 Å². The summed E-state index contributed by atoms with van der Waals surface area (Å²) in [5.74, 6) is -2.98. The summed E-state index contributed by atoms with van der Waals surface area (Å²) in [4.78, 5) is 79.7. The van der Waals surface area contributed by atoms with Gasteiger partial charge in [-0.3, -0.25) is 24.0 Å². The van der Waals surface area contributed by atoms with Crippen molar-refractivity contribution in [3.8, 4) is 11.6 Å². The summed E-state index contributed by atoms with van der Waals surface area (Å²) in [6.45, 7) is 2.30. The molecule has 2 heterocycles. The minimum Gasteiger partial charge on any atom is -0.481 e. The normalized spacial score (nSPS) is 17.6. The molecule has 0 spiro atoms. The Hall–Kier alpha value is -5.15. The van der Waals surface area contributed by atoms with Crippen molar-refractivity contribution >= 4 is 35.7 Å². The molecular weight excluding hydrogens is 650 g/mol. The van der Waals surface area contributed by atoms with Crippen molar-refractivity contribution in [1.82, 2.24) is 35.5 Å². The maximum Gasteiger partial charge on any atom is 0.409 e. The molecule has 3 fully saturated rings. The van der Waals surface area contributed by atoms with Crippen LogP contribution in [0.2, 0.25) is 0 Å². The molecule has 16 heteroatoms. The number of para-hydroxylation sites is 1. The van der Waals surface area contributed by atoms with Crippen molar-refractivity contribution in [2.45, 2.75) is 82.3 Å². The highest BCUT2D eigenvalue weighted by atomic mass is 16.6. The number of aliphatic carboxylic acids is 1. The molecule has 0 radical (unpaired) electrons. The lowest BCUT2D eigenvalue weighted by Crippen LogP contribution is -2.64. The van der Waals surface area contributed by atoms with Gasteiger partial charge in [0.25, 0.3) is 11.8 Å². The van der Waals surface area contributed by atoms with E-state index in [1.165, 1.54) is 20.5 Å². The second kappa shape index (κ2) is 16.5. The number of amides is 5. The van der Waals surface area contributed by atoms with Crippen LogP contribution < -0.4 is 20.7 Å². The highest BCUT2D eigenvalue weighted by Crippen LogP contribution is 2.33. The first kappa shape index (κ1) is 36.1. The quantitative estimate of drug-likeness (QED) is 0.225. The summed E-state index contributed by atoms with van der Waals surface area (Å²) < 4.78 is 12.2. The van der Waals surface area contributed by atoms with Gasteiger partial charge < -0.3 is 40.3 Å². The Balaban J connectivity index is 1.26. The van der Waals surface area contributed by atoms with E-state index in [9.17, 15) is 33.9 Å². The van der Waals surface area contributed by atoms with Crippen LogP contribution in [0.1, 0.15) is 75.2 Å². The molecule has 1 aromatic carbocycles. The van der Waals surface area contributed by atoms with Gasteiger partial charge in [-0.1, -0.05) is 31.0 Å². The molecule has 50 heavy (non-hydrogen) atoms. The van der Waals surface area contributed by atoms with E-state index < -0.39 is 48.0 Å². The lowest BCUT2D eigenvalue weighted by Gasteiger charge is -2.41. The number of carbonyl (C=O) groups is 6. The molecule has 16 nitrogen and oxygen atoms in total. The smallest absolute Gasteiger partial charge is 0.409 e. The summed E-state index contributed by atoms with van der Waals surface area (Å²) in [7, 11) is 0. The van der Waals surface area contributed by atoms with Gasteiger partial charge in [-0.15, -0.1) is 0 Å². The zero-order valence-corrected chi connectivity index (χ0v) is 28.2. The molecule has 2 saturated carbocycles. The van der Waals surface area contributed by atoms with Crippen LogP contribution in [0.4, 0.5) is 4.79 Å². The van der Waals surface area contributed by atoms with Gasteiger partial charge in [0.1, 0.15) is 11.6 Å². The predicted octanol–water partition coefficient (Wildman–Crippen LogP) is 1.61. The summed E-state index contributed by atoms with van der Waals surface area (Å²) >= 11 is 0. The van der Waals surface area contributed by atoms with E-state index in [4.69, 9.17) is 9.47 Å². The highest BCUT2D eigenvalue weighted by molar-refractivity contribution is 5.97. The van der Waals surface area contributed by atoms with Gasteiger partial charge in [0.15, 0.2) is 12.3 Å². The molecule has 4 N–H and O–H groups in total. The molecule has 0 bridgehead atoms. The van der Waals surface area contributed by atoms with Crippen molar-refractivity contribution < 1.29 is 43.3 Å². The topological polar surface area (TPSA) is 202 Å². The molecule has 0 unspecified atom stereocenters. The molecule has 3 aliphatic rings. The maximum atomic E-state index is 13.5. The Morgan fingerprint density at radius 2 is 1.66 bits per heavy atom. The van der Waals surface area contributed by atoms with E-state index in [1.807, 2.05) is 0 Å². The molecule has 2 aliphatic carbocycles. The summed E-state index contributed by atoms with van der Waals surface area (Å²) in [5, 5.41) is 22.3. The fourth-order valence-corrected chi connectivity index (χ4v) is 6.41. The third-order valence-corrected chi connectivity index (χ3v) is 9.34. The van der Waals surface area contributed by atoms with E-state index in [0.29, 0.717) is 18.5 Å². The SMILES string of the molecule is CCOC(=O)N1CCN(C(=O)[C@H](CCC(=O)O)NC(=O)c2cc(OCC(=O)NC3(C(=O)NC4CCCC4)CCC3)n(-c3ccccc3)n2)CC1. The van der Waals surface area contributed by atoms with Crippen LogP contribution in [0, 0.1) is 0 Å². The number of hydrogen-bond acceptors (Lipinski definition) is 9. The van der Waals surface area contributed by atoms with E-state index in [1.54, 1.807) is 37.3 Å². The molecule has 1 atom stereocenters. The molecule has 5 amide bonds. The van der Waals surface area contributed by atoms with Gasteiger partial charge in [0.2, 0.25) is 17.7 Å². The summed E-state index contributed by atoms with van der Waals surface area (Å²) in [6.07, 6.45) is 4.87. The Labute approximate surface area is 289 Å². The Kier molecular flexibility index (Phi) is 11.9. The van der Waals surface area contributed by atoms with Crippen LogP contribution in [0.15, 0.2) is 36.4 Å². The zero-order valence-electron chi connectivity index (χ0n) is 28.2. The van der Waals surface area contributed by atoms with Gasteiger partial charge in [0, 0.05) is 44.7 Å². The second-order valence-corrected chi connectivity index (χ2v) is 12.8. The van der Waals surface area contributed by atoms with Crippen molar-refractivity contribution in [3.05, 3.63) is 42.1 Å². The number of rotatable bonds is 14. The Morgan fingerprint density at radius 1 is 0.980 bits per heavy atom. The minimum absolute atomic E-state index is 0.0677. The monoisotopic (exact) mass is 695 g/mol. The standard InChI is InChI=1S/C34H45N7O9/c1-2-49-33(48)40-19-17-39(18-20-40)31(46)25(13-14-29(43)44)36-30(45)26-21-28(41(38-26)24-11-4-3-5-12-24)50-22-27(42)37-34(15-8-16-34)32(47)35-23-9-6-7-10-23/h3-5,11-12,21,23,25H,2,6-10,13-20,22H2,1H3,(H,35,47)(H,36,45)(H,37,42)(H,43,44)/t25-/m0/s1. The van der Waals surface area contributed by atoms with E-state index in [-0.39, 0.29) is 69.2 Å². The van der Waals surface area contributed by atoms with Crippen molar-refractivity contribution in [1.29, 1.82) is 0 Å². The average molecular weight is 696 g/mol. The van der Waals surface area contributed by atoms with Crippen LogP contribution in [0.3, 0.4) is 0 Å². The largest absolute Gasteiger partial charge is 0.481 e. The van der Waals surface area contributed by atoms with Crippen molar-refractivity contribution in [3.63, 3.8) is 0 Å². The van der Waals surface area contributed by atoms with Gasteiger partial charge in [0.05, 0.1) is 12.3 Å². The van der Waals surface area contributed by atoms with Gasteiger partial charge >= 0.3 is 12.1 Å². The number of benzene rings is 1. The summed E-state index contributed by atoms with van der Waals surface area (Å²) in [5.41, 5.74) is -0.571. The number of carbonyl (C=O) groups excluding carboxylic acids is 5. The number of nitrogens with one attached hydrogen (secondary N) is 3. The molecule has 2 aromatic rings. The zero-order chi connectivity index (χ0) is 35.7. The first-order chi connectivity index (χ1) is 24.1. The number of ether oxygens (including phenoxy) is 2. The third kappa shape index (κ3) is 8.90. The predicted molar refractivity (Wildman–Crippen MR) is 177 cm³/mol. The van der Waals surface area contributed by atoms with Crippen LogP contribution in [0.25, 0.3) is 5.69 Å². The van der Waals surface area contributed by atoms with Crippen LogP contribution in [-0.2, 0) is 23.9 Å². The number of aromatic nitrogens is 2. The van der Waals surface area contributed by atoms with Crippen LogP contribution in [-0.4, -0.2) is 117 Å². The van der Waals surface area contributed by atoms with Crippen molar-refractivity contribution in [2.24, 2.45) is 0 Å². The highest BCUT2D eigenvalue weighted by Gasteiger charge is 2.46. The Bertz CT molecular complexity index is 1550. The average Bonchev–Trinajstić information content (AvgIpc) is 3.78. The fourth-order valence-electron chi connectivity index (χ4n) is 6.41. The fraction of sp³-hybridized carbons (Fsp3) is 0.559. The Morgan fingerprint density at radius 3 is 2.28 bits per heavy atom. The first-order valence-electron chi connectivity index (χ1n) is 17.2. The van der Waals surface area contributed by atoms with E-state index >= 15 is 0 Å². The van der Waals surface area contributed by atoms with E-state index in [2.05, 4.69) is 21.0 Å². The molecule has 1 aliphatic heterocycles. The lowest BCUT2D eigenvalue weighted by molar-refractivity contribution is -0.138. The lowest BCUT2D eigenvalue weighted by atomic mass is 9.75. The number of nitrogens with zero attached hydrogens (tertiary/aromatic N) is 4. The third-order valence-electron chi connectivity index (χ3n) is 9.34. The minimum atomic E-state index is -1.18. The van der Waals surface area contributed by atoms with Gasteiger partial charge in [-0.2, -0.15) is 5.10 Å². The number of carboxylic acids is 1. The van der Waals surface area contributed by atoms with E-state index in [0.717, 1.165) is 32.1 Å². The molecular formula is C34H45N7O9. The summed E-state index contributed by atoms with van der Waals surface area (Å²) in [6, 6.07) is 9.06. The molecule has 270 valence electrons. The number of carboxylic acid groups (broad SMARTS) is 1. The molecule has 1 aromatic heterocycles. The van der Waals surface area contributed by atoms with Crippen molar-refractivity contribution in [2.75, 3.05) is 39.4 Å². The number of hydrogen-bond donors (Lipinski definition) is 4. The second-order valence-electron chi connectivity index (χ2n) is 12.8. The maximum absolute atomic E-state index is 13.5. The molecule has 5 rings (SSSR count). The number of piperazine rings is 1. The molecule has 1 saturated heterocycles. The van der Waals surface area contributed by atoms with Gasteiger partial charge in [-0.05, 0) is 57.6 Å². The first-order valence-corrected chi connectivity index (χ1v) is 17.2. The van der Waals surface area contributed by atoms with Gasteiger partial charge in [-0.25, -0.2) is 9.48 Å². The van der Waals surface area contributed by atoms with Crippen LogP contribution in [0.5, 0.6) is 5.88 Å².